The first-order chi connectivity index (χ1) is 9.88. The van der Waals surface area contributed by atoms with Gasteiger partial charge in [-0.25, -0.2) is 13.4 Å². The quantitative estimate of drug-likeness (QED) is 0.835. The largest absolute Gasteiger partial charge is 0.245 e. The molecule has 0 saturated heterocycles. The highest BCUT2D eigenvalue weighted by Crippen LogP contribution is 2.18. The number of aromatic nitrogens is 1. The predicted molar refractivity (Wildman–Crippen MR) is 87.7 cm³/mol. The Kier molecular flexibility index (Phi) is 5.16. The minimum atomic E-state index is -3.51. The van der Waals surface area contributed by atoms with Crippen LogP contribution >= 0.6 is 22.9 Å². The van der Waals surface area contributed by atoms with Crippen LogP contribution in [-0.2, 0) is 16.6 Å². The molecule has 2 aromatic rings. The molecule has 0 N–H and O–H groups in total. The number of benzene rings is 1. The van der Waals surface area contributed by atoms with Gasteiger partial charge in [-0.3, -0.25) is 0 Å². The monoisotopic (exact) mass is 342 g/mol. The minimum absolute atomic E-state index is 0.250. The molecule has 0 unspecified atom stereocenters. The second-order valence-electron chi connectivity index (χ2n) is 4.48. The van der Waals surface area contributed by atoms with Gasteiger partial charge < -0.3 is 0 Å². The van der Waals surface area contributed by atoms with Crippen molar-refractivity contribution < 1.29 is 8.42 Å². The summed E-state index contributed by atoms with van der Waals surface area (Å²) >= 11 is 7.50. The van der Waals surface area contributed by atoms with Crippen LogP contribution in [0.2, 0.25) is 5.02 Å². The molecule has 0 spiro atoms. The van der Waals surface area contributed by atoms with E-state index in [-0.39, 0.29) is 6.54 Å². The Labute approximate surface area is 133 Å². The molecule has 0 aliphatic heterocycles. The summed E-state index contributed by atoms with van der Waals surface area (Å²) in [4.78, 5) is 4.26. The number of aryl methyl sites for hydroxylation is 1. The van der Waals surface area contributed by atoms with Crippen molar-refractivity contribution >= 4 is 39.0 Å². The van der Waals surface area contributed by atoms with Gasteiger partial charge >= 0.3 is 0 Å². The normalized spacial score (nSPS) is 12.4. The van der Waals surface area contributed by atoms with Gasteiger partial charge in [-0.2, -0.15) is 4.31 Å². The van der Waals surface area contributed by atoms with E-state index in [2.05, 4.69) is 4.98 Å². The van der Waals surface area contributed by atoms with E-state index in [9.17, 15) is 8.42 Å². The van der Waals surface area contributed by atoms with Crippen molar-refractivity contribution in [2.75, 3.05) is 7.05 Å². The average Bonchev–Trinajstić information content (AvgIpc) is 2.83. The number of hydrogen-bond donors (Lipinski definition) is 0. The van der Waals surface area contributed by atoms with Crippen molar-refractivity contribution in [2.45, 2.75) is 13.5 Å². The first kappa shape index (κ1) is 16.2. The Hall–Kier alpha value is -1.21. The zero-order valence-electron chi connectivity index (χ0n) is 11.7. The van der Waals surface area contributed by atoms with Crippen molar-refractivity contribution in [3.8, 4) is 0 Å². The van der Waals surface area contributed by atoms with Crippen LogP contribution in [0.25, 0.3) is 6.08 Å². The molecule has 2 rings (SSSR count). The Morgan fingerprint density at radius 3 is 2.71 bits per heavy atom. The van der Waals surface area contributed by atoms with E-state index < -0.39 is 10.0 Å². The number of thiazole rings is 1. The molecule has 0 atom stereocenters. The zero-order valence-corrected chi connectivity index (χ0v) is 14.0. The van der Waals surface area contributed by atoms with Crippen molar-refractivity contribution in [1.82, 2.24) is 9.29 Å². The summed E-state index contributed by atoms with van der Waals surface area (Å²) in [5, 5.41) is 4.45. The fourth-order valence-corrected chi connectivity index (χ4v) is 3.31. The van der Waals surface area contributed by atoms with Gasteiger partial charge in [-0.05, 0) is 24.6 Å². The molecule has 0 fully saturated rings. The van der Waals surface area contributed by atoms with Gasteiger partial charge in [0.2, 0.25) is 10.0 Å². The topological polar surface area (TPSA) is 50.3 Å². The standard InChI is InChI=1S/C14H15ClN2O2S2/c1-11-16-13(10-20-11)9-17(2)21(18,19)8-7-12-5-3-4-6-14(12)15/h3-8,10H,9H2,1-2H3. The maximum atomic E-state index is 12.2. The first-order valence-electron chi connectivity index (χ1n) is 6.18. The van der Waals surface area contributed by atoms with Gasteiger partial charge in [0.05, 0.1) is 17.2 Å². The molecule has 4 nitrogen and oxygen atoms in total. The summed E-state index contributed by atoms with van der Waals surface area (Å²) in [6.45, 7) is 2.14. The van der Waals surface area contributed by atoms with E-state index in [1.165, 1.54) is 28.8 Å². The van der Waals surface area contributed by atoms with Crippen LogP contribution < -0.4 is 0 Å². The summed E-state index contributed by atoms with van der Waals surface area (Å²) in [5.74, 6) is 0. The summed E-state index contributed by atoms with van der Waals surface area (Å²) in [5.41, 5.74) is 1.41. The van der Waals surface area contributed by atoms with Crippen LogP contribution in [0.3, 0.4) is 0 Å². The third kappa shape index (κ3) is 4.38. The van der Waals surface area contributed by atoms with Crippen molar-refractivity contribution in [3.05, 3.63) is 56.3 Å². The van der Waals surface area contributed by atoms with E-state index in [1.807, 2.05) is 12.3 Å². The fourth-order valence-electron chi connectivity index (χ4n) is 1.67. The SMILES string of the molecule is Cc1nc(CN(C)S(=O)(=O)C=Cc2ccccc2Cl)cs1. The Morgan fingerprint density at radius 1 is 1.38 bits per heavy atom. The Balaban J connectivity index is 2.12. The lowest BCUT2D eigenvalue weighted by atomic mass is 10.2. The van der Waals surface area contributed by atoms with Gasteiger partial charge in [0, 0.05) is 22.9 Å². The molecular weight excluding hydrogens is 328 g/mol. The number of rotatable bonds is 5. The second kappa shape index (κ2) is 6.70. The van der Waals surface area contributed by atoms with Crippen LogP contribution in [0.15, 0.2) is 35.1 Å². The van der Waals surface area contributed by atoms with E-state index in [0.717, 1.165) is 16.1 Å². The summed E-state index contributed by atoms with van der Waals surface area (Å²) in [6, 6.07) is 7.08. The highest BCUT2D eigenvalue weighted by atomic mass is 35.5. The van der Waals surface area contributed by atoms with E-state index >= 15 is 0 Å². The molecule has 112 valence electrons. The molecule has 21 heavy (non-hydrogen) atoms. The number of hydrogen-bond acceptors (Lipinski definition) is 4. The molecule has 0 amide bonds. The van der Waals surface area contributed by atoms with Crippen LogP contribution in [0.1, 0.15) is 16.3 Å². The summed E-state index contributed by atoms with van der Waals surface area (Å²) in [7, 11) is -1.98. The van der Waals surface area contributed by atoms with Crippen molar-refractivity contribution in [2.24, 2.45) is 0 Å². The van der Waals surface area contributed by atoms with Crippen LogP contribution in [-0.4, -0.2) is 24.8 Å². The van der Waals surface area contributed by atoms with Gasteiger partial charge in [0.15, 0.2) is 0 Å². The molecule has 0 aliphatic carbocycles. The summed E-state index contributed by atoms with van der Waals surface area (Å²) < 4.78 is 25.7. The van der Waals surface area contributed by atoms with Crippen LogP contribution in [0.4, 0.5) is 0 Å². The molecule has 0 aliphatic rings. The van der Waals surface area contributed by atoms with Crippen LogP contribution in [0.5, 0.6) is 0 Å². The molecule has 7 heteroatoms. The van der Waals surface area contributed by atoms with E-state index in [4.69, 9.17) is 11.6 Å². The smallest absolute Gasteiger partial charge is 0.236 e. The molecule has 1 aromatic heterocycles. The lowest BCUT2D eigenvalue weighted by Gasteiger charge is -2.12. The van der Waals surface area contributed by atoms with E-state index in [1.54, 1.807) is 24.3 Å². The first-order valence-corrected chi connectivity index (χ1v) is 8.94. The van der Waals surface area contributed by atoms with E-state index in [0.29, 0.717) is 10.6 Å². The van der Waals surface area contributed by atoms with Gasteiger partial charge in [0.25, 0.3) is 0 Å². The average molecular weight is 343 g/mol. The summed E-state index contributed by atoms with van der Waals surface area (Å²) in [6.07, 6.45) is 1.50. The van der Waals surface area contributed by atoms with Gasteiger partial charge in [-0.15, -0.1) is 11.3 Å². The lowest BCUT2D eigenvalue weighted by Crippen LogP contribution is -2.24. The van der Waals surface area contributed by atoms with Crippen molar-refractivity contribution in [3.63, 3.8) is 0 Å². The zero-order chi connectivity index (χ0) is 15.5. The number of sulfonamides is 1. The number of nitrogens with zero attached hydrogens (tertiary/aromatic N) is 2. The highest BCUT2D eigenvalue weighted by molar-refractivity contribution is 7.92. The molecule has 0 saturated carbocycles. The maximum absolute atomic E-state index is 12.2. The van der Waals surface area contributed by atoms with Crippen molar-refractivity contribution in [1.29, 1.82) is 0 Å². The molecule has 1 heterocycles. The Bertz CT molecular complexity index is 754. The predicted octanol–water partition coefficient (Wildman–Crippen LogP) is 3.54. The maximum Gasteiger partial charge on any atom is 0.236 e. The fraction of sp³-hybridized carbons (Fsp3) is 0.214. The third-order valence-electron chi connectivity index (χ3n) is 2.81. The molecule has 0 radical (unpaired) electrons. The molecular formula is C14H15ClN2O2S2. The molecule has 1 aromatic carbocycles. The van der Waals surface area contributed by atoms with Gasteiger partial charge in [-0.1, -0.05) is 29.8 Å². The lowest BCUT2D eigenvalue weighted by molar-refractivity contribution is 0.471. The minimum Gasteiger partial charge on any atom is -0.245 e. The van der Waals surface area contributed by atoms with Crippen LogP contribution in [0, 0.1) is 6.92 Å². The van der Waals surface area contributed by atoms with Gasteiger partial charge in [0.1, 0.15) is 0 Å². The second-order valence-corrected chi connectivity index (χ2v) is 7.88. The number of halogens is 1. The third-order valence-corrected chi connectivity index (χ3v) is 5.45. The highest BCUT2D eigenvalue weighted by Gasteiger charge is 2.15. The molecule has 0 bridgehead atoms. The Morgan fingerprint density at radius 2 is 2.10 bits per heavy atom.